The Morgan fingerprint density at radius 2 is 2.12 bits per heavy atom. The number of carbonyl (C=O) groups excluding carboxylic acids is 1. The van der Waals surface area contributed by atoms with E-state index in [2.05, 4.69) is 21.2 Å². The van der Waals surface area contributed by atoms with Gasteiger partial charge in [0.25, 0.3) is 0 Å². The van der Waals surface area contributed by atoms with Crippen molar-refractivity contribution in [1.29, 1.82) is 0 Å². The Labute approximate surface area is 110 Å². The third-order valence-corrected chi connectivity index (χ3v) is 3.27. The Morgan fingerprint density at radius 3 is 2.76 bits per heavy atom. The maximum Gasteiger partial charge on any atom is 0.313 e. The zero-order chi connectivity index (χ0) is 12.8. The van der Waals surface area contributed by atoms with Crippen LogP contribution in [0.2, 0.25) is 0 Å². The molecule has 0 unspecified atom stereocenters. The van der Waals surface area contributed by atoms with Gasteiger partial charge in [-0.3, -0.25) is 9.59 Å². The molecule has 1 aromatic carbocycles. The highest BCUT2D eigenvalue weighted by atomic mass is 79.9. The summed E-state index contributed by atoms with van der Waals surface area (Å²) < 4.78 is 13.5. The minimum Gasteiger partial charge on any atom is -0.481 e. The predicted molar refractivity (Wildman–Crippen MR) is 67.7 cm³/mol. The van der Waals surface area contributed by atoms with E-state index in [1.54, 1.807) is 0 Å². The molecule has 4 nitrogen and oxygen atoms in total. The van der Waals surface area contributed by atoms with Crippen molar-refractivity contribution < 1.29 is 19.1 Å². The third kappa shape index (κ3) is 5.18. The number of nitrogens with one attached hydrogen (secondary N) is 1. The molecule has 7 heteroatoms. The number of hydrogen-bond donors (Lipinski definition) is 2. The fourth-order valence-electron chi connectivity index (χ4n) is 1.01. The summed E-state index contributed by atoms with van der Waals surface area (Å²) in [6.45, 7) is 0. The van der Waals surface area contributed by atoms with Crippen LogP contribution < -0.4 is 5.32 Å². The second-order valence-electron chi connectivity index (χ2n) is 3.06. The molecule has 0 heterocycles. The highest BCUT2D eigenvalue weighted by Gasteiger charge is 2.07. The SMILES string of the molecule is O=C(O)CSCC(=O)Nc1cc(F)ccc1Br. The molecule has 0 bridgehead atoms. The van der Waals surface area contributed by atoms with Crippen LogP contribution in [0.5, 0.6) is 0 Å². The molecular weight excluding hydrogens is 313 g/mol. The van der Waals surface area contributed by atoms with Crippen molar-refractivity contribution in [3.63, 3.8) is 0 Å². The summed E-state index contributed by atoms with van der Waals surface area (Å²) in [4.78, 5) is 21.6. The van der Waals surface area contributed by atoms with Crippen LogP contribution in [0.4, 0.5) is 10.1 Å². The summed E-state index contributed by atoms with van der Waals surface area (Å²) in [7, 11) is 0. The lowest BCUT2D eigenvalue weighted by Gasteiger charge is -2.06. The summed E-state index contributed by atoms with van der Waals surface area (Å²) in [5.41, 5.74) is 0.325. The zero-order valence-corrected chi connectivity index (χ0v) is 11.0. The molecule has 1 amide bonds. The first kappa shape index (κ1) is 14.0. The molecule has 2 N–H and O–H groups in total. The van der Waals surface area contributed by atoms with Gasteiger partial charge in [-0.2, -0.15) is 0 Å². The first-order valence-electron chi connectivity index (χ1n) is 4.53. The Balaban J connectivity index is 2.50. The molecule has 0 saturated heterocycles. The van der Waals surface area contributed by atoms with E-state index in [9.17, 15) is 14.0 Å². The molecule has 0 radical (unpaired) electrons. The Hall–Kier alpha value is -1.08. The maximum absolute atomic E-state index is 12.9. The minimum absolute atomic E-state index is 0.00918. The molecule has 1 aromatic rings. The lowest BCUT2D eigenvalue weighted by atomic mass is 10.3. The van der Waals surface area contributed by atoms with E-state index < -0.39 is 11.8 Å². The largest absolute Gasteiger partial charge is 0.481 e. The molecule has 0 spiro atoms. The van der Waals surface area contributed by atoms with Gasteiger partial charge in [0, 0.05) is 4.47 Å². The topological polar surface area (TPSA) is 66.4 Å². The molecule has 0 aliphatic carbocycles. The van der Waals surface area contributed by atoms with Crippen LogP contribution in [0.1, 0.15) is 0 Å². The van der Waals surface area contributed by atoms with E-state index in [1.165, 1.54) is 18.2 Å². The van der Waals surface area contributed by atoms with Crippen LogP contribution in [0, 0.1) is 5.82 Å². The van der Waals surface area contributed by atoms with E-state index in [-0.39, 0.29) is 17.4 Å². The number of rotatable bonds is 5. The van der Waals surface area contributed by atoms with Gasteiger partial charge < -0.3 is 10.4 Å². The molecule has 17 heavy (non-hydrogen) atoms. The van der Waals surface area contributed by atoms with Crippen LogP contribution >= 0.6 is 27.7 Å². The van der Waals surface area contributed by atoms with Crippen molar-refractivity contribution in [2.45, 2.75) is 0 Å². The fourth-order valence-corrected chi connectivity index (χ4v) is 1.89. The van der Waals surface area contributed by atoms with Crippen LogP contribution in [0.15, 0.2) is 22.7 Å². The monoisotopic (exact) mass is 321 g/mol. The molecular formula is C10H9BrFNO3S. The second-order valence-corrected chi connectivity index (χ2v) is 4.90. The van der Waals surface area contributed by atoms with Crippen molar-refractivity contribution in [3.05, 3.63) is 28.5 Å². The van der Waals surface area contributed by atoms with E-state index >= 15 is 0 Å². The van der Waals surface area contributed by atoms with Crippen molar-refractivity contribution in [2.75, 3.05) is 16.8 Å². The molecule has 92 valence electrons. The van der Waals surface area contributed by atoms with E-state index in [0.717, 1.165) is 11.8 Å². The molecule has 0 aliphatic heterocycles. The lowest BCUT2D eigenvalue weighted by molar-refractivity contribution is -0.133. The van der Waals surface area contributed by atoms with Gasteiger partial charge in [-0.1, -0.05) is 0 Å². The Morgan fingerprint density at radius 1 is 1.41 bits per heavy atom. The van der Waals surface area contributed by atoms with Crippen molar-refractivity contribution in [2.24, 2.45) is 0 Å². The fraction of sp³-hybridized carbons (Fsp3) is 0.200. The van der Waals surface area contributed by atoms with Crippen LogP contribution in [0.3, 0.4) is 0 Å². The first-order valence-corrected chi connectivity index (χ1v) is 6.48. The lowest BCUT2D eigenvalue weighted by Crippen LogP contribution is -2.15. The number of hydrogen-bond acceptors (Lipinski definition) is 3. The molecule has 0 atom stereocenters. The summed E-state index contributed by atoms with van der Waals surface area (Å²) in [5, 5.41) is 10.9. The molecule has 0 fully saturated rings. The number of aliphatic carboxylic acids is 1. The van der Waals surface area contributed by atoms with Crippen LogP contribution in [-0.4, -0.2) is 28.5 Å². The van der Waals surface area contributed by atoms with E-state index in [4.69, 9.17) is 5.11 Å². The molecule has 0 aromatic heterocycles. The zero-order valence-electron chi connectivity index (χ0n) is 8.57. The van der Waals surface area contributed by atoms with Crippen LogP contribution in [0.25, 0.3) is 0 Å². The summed E-state index contributed by atoms with van der Waals surface area (Å²) >= 11 is 4.15. The molecule has 0 saturated carbocycles. The third-order valence-electron chi connectivity index (χ3n) is 1.66. The summed E-state index contributed by atoms with van der Waals surface area (Å²) in [5.74, 6) is -1.94. The van der Waals surface area contributed by atoms with Crippen molar-refractivity contribution in [1.82, 2.24) is 0 Å². The number of halogens is 2. The summed E-state index contributed by atoms with van der Waals surface area (Å²) in [6.07, 6.45) is 0. The van der Waals surface area contributed by atoms with Crippen molar-refractivity contribution in [3.8, 4) is 0 Å². The average molecular weight is 322 g/mol. The van der Waals surface area contributed by atoms with E-state index in [1.807, 2.05) is 0 Å². The number of thioether (sulfide) groups is 1. The molecule has 0 aliphatic rings. The number of carboxylic acid groups (broad SMARTS) is 1. The maximum atomic E-state index is 12.9. The normalized spacial score (nSPS) is 10.0. The van der Waals surface area contributed by atoms with Gasteiger partial charge in [0.2, 0.25) is 5.91 Å². The first-order chi connectivity index (χ1) is 7.99. The van der Waals surface area contributed by atoms with Gasteiger partial charge in [0.05, 0.1) is 17.2 Å². The minimum atomic E-state index is -0.977. The number of anilines is 1. The quantitative estimate of drug-likeness (QED) is 0.873. The summed E-state index contributed by atoms with van der Waals surface area (Å²) in [6, 6.07) is 3.93. The van der Waals surface area contributed by atoms with Gasteiger partial charge >= 0.3 is 5.97 Å². The Kier molecular flexibility index (Phi) is 5.43. The second kappa shape index (κ2) is 6.61. The van der Waals surface area contributed by atoms with Crippen molar-refractivity contribution >= 4 is 45.3 Å². The highest BCUT2D eigenvalue weighted by molar-refractivity contribution is 9.10. The number of carboxylic acids is 1. The Bertz CT molecular complexity index is 442. The average Bonchev–Trinajstić information content (AvgIpc) is 2.23. The highest BCUT2D eigenvalue weighted by Crippen LogP contribution is 2.23. The van der Waals surface area contributed by atoms with Gasteiger partial charge in [-0.25, -0.2) is 4.39 Å². The predicted octanol–water partition coefficient (Wildman–Crippen LogP) is 2.34. The van der Waals surface area contributed by atoms with Gasteiger partial charge in [-0.05, 0) is 34.1 Å². The van der Waals surface area contributed by atoms with Gasteiger partial charge in [0.15, 0.2) is 0 Å². The molecule has 1 rings (SSSR count). The smallest absolute Gasteiger partial charge is 0.313 e. The van der Waals surface area contributed by atoms with E-state index in [0.29, 0.717) is 10.2 Å². The van der Waals surface area contributed by atoms with Crippen LogP contribution in [-0.2, 0) is 9.59 Å². The number of amides is 1. The van der Waals surface area contributed by atoms with Gasteiger partial charge in [0.1, 0.15) is 5.82 Å². The number of benzene rings is 1. The standard InChI is InChI=1S/C10H9BrFNO3S/c11-7-2-1-6(12)3-8(7)13-9(14)4-17-5-10(15)16/h1-3H,4-5H2,(H,13,14)(H,15,16). The number of carbonyl (C=O) groups is 2. The van der Waals surface area contributed by atoms with Gasteiger partial charge in [-0.15, -0.1) is 11.8 Å².